The van der Waals surface area contributed by atoms with Gasteiger partial charge in [0.2, 0.25) is 0 Å². The van der Waals surface area contributed by atoms with Crippen LogP contribution in [0.3, 0.4) is 0 Å². The fourth-order valence-electron chi connectivity index (χ4n) is 5.41. The molecule has 0 bridgehead atoms. The third kappa shape index (κ3) is 7.00. The molecule has 2 atom stereocenters. The summed E-state index contributed by atoms with van der Waals surface area (Å²) < 4.78 is 5.13. The average Bonchev–Trinajstić information content (AvgIpc) is 2.64. The van der Waals surface area contributed by atoms with E-state index in [1.54, 1.807) is 7.11 Å². The van der Waals surface area contributed by atoms with Crippen molar-refractivity contribution in [2.75, 3.05) is 13.7 Å². The van der Waals surface area contributed by atoms with Gasteiger partial charge in [-0.1, -0.05) is 64.2 Å². The van der Waals surface area contributed by atoms with Crippen LogP contribution in [-0.4, -0.2) is 25.3 Å². The van der Waals surface area contributed by atoms with Crippen molar-refractivity contribution in [1.29, 1.82) is 0 Å². The van der Waals surface area contributed by atoms with Crippen molar-refractivity contribution in [1.82, 2.24) is 0 Å². The summed E-state index contributed by atoms with van der Waals surface area (Å²) in [6, 6.07) is 0. The monoisotopic (exact) mass is 378 g/mol. The van der Waals surface area contributed by atoms with Crippen LogP contribution in [-0.2, 0) is 14.3 Å². The van der Waals surface area contributed by atoms with Gasteiger partial charge in [-0.25, -0.2) is 0 Å². The molecule has 0 heterocycles. The van der Waals surface area contributed by atoms with Gasteiger partial charge in [0.25, 0.3) is 0 Å². The molecule has 27 heavy (non-hydrogen) atoms. The van der Waals surface area contributed by atoms with E-state index >= 15 is 0 Å². The molecule has 2 aliphatic rings. The van der Waals surface area contributed by atoms with E-state index in [2.05, 4.69) is 0 Å². The van der Waals surface area contributed by atoms with Crippen molar-refractivity contribution >= 4 is 11.6 Å². The molecule has 2 rings (SSSR count). The van der Waals surface area contributed by atoms with Crippen molar-refractivity contribution in [3.8, 4) is 0 Å². The summed E-state index contributed by atoms with van der Waals surface area (Å²) in [6.07, 6.45) is 19.2. The minimum Gasteiger partial charge on any atom is -0.385 e. The molecule has 0 spiro atoms. The average molecular weight is 379 g/mol. The van der Waals surface area contributed by atoms with Crippen molar-refractivity contribution in [3.05, 3.63) is 0 Å². The molecule has 3 nitrogen and oxygen atoms in total. The summed E-state index contributed by atoms with van der Waals surface area (Å²) >= 11 is 0. The summed E-state index contributed by atoms with van der Waals surface area (Å²) in [5, 5.41) is 0. The Morgan fingerprint density at radius 3 is 2.30 bits per heavy atom. The number of methoxy groups -OCH3 is 1. The van der Waals surface area contributed by atoms with E-state index < -0.39 is 0 Å². The van der Waals surface area contributed by atoms with Crippen LogP contribution >= 0.6 is 0 Å². The Hall–Kier alpha value is -0.700. The number of ketones is 2. The summed E-state index contributed by atoms with van der Waals surface area (Å²) in [4.78, 5) is 26.4. The number of Topliss-reactive ketones (excluding diaryl/α,β-unsaturated/α-hetero) is 2. The number of hydrogen-bond acceptors (Lipinski definition) is 3. The largest absolute Gasteiger partial charge is 0.385 e. The first-order valence-electron chi connectivity index (χ1n) is 11.8. The third-order valence-corrected chi connectivity index (χ3v) is 7.03. The van der Waals surface area contributed by atoms with Gasteiger partial charge in [-0.15, -0.1) is 0 Å². The molecule has 3 heteroatoms. The molecule has 0 amide bonds. The van der Waals surface area contributed by atoms with E-state index in [9.17, 15) is 9.59 Å². The SMILES string of the molecule is COCCCCCCCC1(C2CCCCCCC2=O)CCCCCCC1=O. The zero-order chi connectivity index (χ0) is 19.4. The lowest BCUT2D eigenvalue weighted by Crippen LogP contribution is -2.43. The number of carbonyl (C=O) groups excluding carboxylic acids is 2. The maximum absolute atomic E-state index is 13.4. The molecule has 156 valence electrons. The molecule has 2 saturated carbocycles. The van der Waals surface area contributed by atoms with Gasteiger partial charge in [-0.3, -0.25) is 9.59 Å². The lowest BCUT2D eigenvalue weighted by molar-refractivity contribution is -0.143. The highest BCUT2D eigenvalue weighted by atomic mass is 16.5. The minimum absolute atomic E-state index is 0.0110. The second-order valence-corrected chi connectivity index (χ2v) is 8.98. The van der Waals surface area contributed by atoms with Crippen molar-refractivity contribution in [3.63, 3.8) is 0 Å². The smallest absolute Gasteiger partial charge is 0.139 e. The molecular weight excluding hydrogens is 336 g/mol. The van der Waals surface area contributed by atoms with E-state index in [0.717, 1.165) is 64.4 Å². The fourth-order valence-corrected chi connectivity index (χ4v) is 5.41. The summed E-state index contributed by atoms with van der Waals surface area (Å²) in [7, 11) is 1.76. The van der Waals surface area contributed by atoms with Crippen molar-refractivity contribution < 1.29 is 14.3 Å². The van der Waals surface area contributed by atoms with Crippen LogP contribution in [0.1, 0.15) is 116 Å². The van der Waals surface area contributed by atoms with Crippen LogP contribution in [0, 0.1) is 11.3 Å². The van der Waals surface area contributed by atoms with E-state index in [1.165, 1.54) is 44.9 Å². The predicted molar refractivity (Wildman–Crippen MR) is 111 cm³/mol. The number of unbranched alkanes of at least 4 members (excludes halogenated alkanes) is 4. The standard InChI is InChI=1S/C24H42O3/c1-27-20-14-8-2-6-12-18-24(19-13-7-5-11-17-23(24)26)21-15-9-3-4-10-16-22(21)25/h21H,2-20H2,1H3. The zero-order valence-corrected chi connectivity index (χ0v) is 17.7. The Bertz CT molecular complexity index is 445. The van der Waals surface area contributed by atoms with Gasteiger partial charge in [-0.2, -0.15) is 0 Å². The molecule has 2 fully saturated rings. The first kappa shape index (κ1) is 22.6. The topological polar surface area (TPSA) is 43.4 Å². The highest BCUT2D eigenvalue weighted by molar-refractivity contribution is 5.92. The van der Waals surface area contributed by atoms with Crippen molar-refractivity contribution in [2.24, 2.45) is 11.3 Å². The molecule has 0 N–H and O–H groups in total. The maximum Gasteiger partial charge on any atom is 0.139 e. The first-order valence-corrected chi connectivity index (χ1v) is 11.8. The summed E-state index contributed by atoms with van der Waals surface area (Å²) in [6.45, 7) is 0.846. The lowest BCUT2D eigenvalue weighted by Gasteiger charge is -2.41. The molecule has 0 aromatic rings. The Kier molecular flexibility index (Phi) is 10.6. The Balaban J connectivity index is 2.04. The number of hydrogen-bond donors (Lipinski definition) is 0. The van der Waals surface area contributed by atoms with Crippen LogP contribution in [0.4, 0.5) is 0 Å². The molecule has 0 radical (unpaired) electrons. The highest BCUT2D eigenvalue weighted by Crippen LogP contribution is 2.46. The Labute approximate surface area is 167 Å². The molecular formula is C24H42O3. The van der Waals surface area contributed by atoms with Crippen molar-refractivity contribution in [2.45, 2.75) is 116 Å². The fraction of sp³-hybridized carbons (Fsp3) is 0.917. The zero-order valence-electron chi connectivity index (χ0n) is 17.7. The Morgan fingerprint density at radius 1 is 0.815 bits per heavy atom. The summed E-state index contributed by atoms with van der Waals surface area (Å²) in [5.41, 5.74) is -0.332. The van der Waals surface area contributed by atoms with Crippen LogP contribution in [0.5, 0.6) is 0 Å². The second-order valence-electron chi connectivity index (χ2n) is 8.98. The maximum atomic E-state index is 13.4. The molecule has 0 aromatic carbocycles. The molecule has 2 aliphatic carbocycles. The van der Waals surface area contributed by atoms with E-state index in [-0.39, 0.29) is 11.3 Å². The molecule has 0 saturated heterocycles. The van der Waals surface area contributed by atoms with Gasteiger partial charge in [0.15, 0.2) is 0 Å². The first-order chi connectivity index (χ1) is 13.2. The quantitative estimate of drug-likeness (QED) is 0.435. The normalized spacial score (nSPS) is 28.3. The second kappa shape index (κ2) is 12.7. The van der Waals surface area contributed by atoms with E-state index in [1.807, 2.05) is 0 Å². The highest BCUT2D eigenvalue weighted by Gasteiger charge is 2.46. The van der Waals surface area contributed by atoms with Gasteiger partial charge in [0.05, 0.1) is 0 Å². The number of carbonyl (C=O) groups is 2. The summed E-state index contributed by atoms with van der Waals surface area (Å²) in [5.74, 6) is 0.848. The lowest BCUT2D eigenvalue weighted by atomic mass is 9.60. The van der Waals surface area contributed by atoms with Crippen LogP contribution in [0.2, 0.25) is 0 Å². The van der Waals surface area contributed by atoms with Gasteiger partial charge in [-0.05, 0) is 38.5 Å². The molecule has 2 unspecified atom stereocenters. The van der Waals surface area contributed by atoms with Gasteiger partial charge in [0, 0.05) is 37.9 Å². The van der Waals surface area contributed by atoms with Crippen LogP contribution in [0.25, 0.3) is 0 Å². The predicted octanol–water partition coefficient (Wildman–Crippen LogP) is 6.42. The van der Waals surface area contributed by atoms with Gasteiger partial charge in [0.1, 0.15) is 11.6 Å². The molecule has 0 aromatic heterocycles. The number of rotatable bonds is 9. The van der Waals surface area contributed by atoms with E-state index in [0.29, 0.717) is 24.4 Å². The number of ether oxygens (including phenoxy) is 1. The third-order valence-electron chi connectivity index (χ3n) is 7.03. The Morgan fingerprint density at radius 2 is 1.48 bits per heavy atom. The minimum atomic E-state index is -0.332. The van der Waals surface area contributed by atoms with Gasteiger partial charge < -0.3 is 4.74 Å². The van der Waals surface area contributed by atoms with Crippen LogP contribution < -0.4 is 0 Å². The van der Waals surface area contributed by atoms with E-state index in [4.69, 9.17) is 4.74 Å². The molecule has 0 aliphatic heterocycles. The van der Waals surface area contributed by atoms with Gasteiger partial charge >= 0.3 is 0 Å². The van der Waals surface area contributed by atoms with Crippen LogP contribution in [0.15, 0.2) is 0 Å².